The first-order valence-electron chi connectivity index (χ1n) is 11.9. The average Bonchev–Trinajstić information content (AvgIpc) is 2.68. The van der Waals surface area contributed by atoms with E-state index in [-0.39, 0.29) is 6.61 Å². The van der Waals surface area contributed by atoms with Crippen molar-refractivity contribution in [1.82, 2.24) is 0 Å². The van der Waals surface area contributed by atoms with E-state index in [2.05, 4.69) is 25.0 Å². The molecule has 0 spiro atoms. The monoisotopic (exact) mass is 421 g/mol. The third-order valence-electron chi connectivity index (χ3n) is 5.82. The van der Waals surface area contributed by atoms with Crippen molar-refractivity contribution in [3.63, 3.8) is 0 Å². The first kappa shape index (κ1) is 27.8. The molecule has 0 amide bonds. The van der Waals surface area contributed by atoms with Crippen molar-refractivity contribution in [3.8, 4) is 0 Å². The summed E-state index contributed by atoms with van der Waals surface area (Å²) < 4.78 is 34.5. The van der Waals surface area contributed by atoms with Crippen molar-refractivity contribution in [3.05, 3.63) is 0 Å². The number of rotatable bonds is 15. The molecule has 0 bridgehead atoms. The van der Waals surface area contributed by atoms with Crippen LogP contribution in [0.3, 0.4) is 0 Å². The lowest BCUT2D eigenvalue weighted by Crippen LogP contribution is -3.15. The maximum atomic E-state index is 10.1. The predicted octanol–water partition coefficient (Wildman–Crippen LogP) is 4.63. The van der Waals surface area contributed by atoms with Crippen molar-refractivity contribution < 1.29 is 22.1 Å². The molecule has 0 aromatic rings. The lowest BCUT2D eigenvalue weighted by molar-refractivity contribution is -0.923. The number of quaternary nitrogens is 1. The van der Waals surface area contributed by atoms with E-state index in [9.17, 15) is 13.0 Å². The van der Waals surface area contributed by atoms with E-state index in [1.54, 1.807) is 0 Å². The molecular weight excluding hydrogens is 374 g/mol. The van der Waals surface area contributed by atoms with Crippen molar-refractivity contribution >= 4 is 10.4 Å². The van der Waals surface area contributed by atoms with E-state index in [1.807, 2.05) is 4.90 Å². The number of hydrogen-bond donors (Lipinski definition) is 1. The van der Waals surface area contributed by atoms with Crippen LogP contribution < -0.4 is 4.90 Å². The van der Waals surface area contributed by atoms with Gasteiger partial charge in [0.25, 0.3) is 0 Å². The SMILES string of the molecule is CCCCCCCCCCCCOS(=O)(=O)[O-].CC[NH+](CC)C1CCCCC1. The van der Waals surface area contributed by atoms with E-state index in [0.717, 1.165) is 18.9 Å². The normalized spacial score (nSPS) is 15.5. The molecule has 0 atom stereocenters. The fourth-order valence-corrected chi connectivity index (χ4v) is 4.41. The molecule has 1 aliphatic rings. The first-order valence-corrected chi connectivity index (χ1v) is 13.2. The molecule has 0 aromatic heterocycles. The van der Waals surface area contributed by atoms with Gasteiger partial charge in [-0.2, -0.15) is 0 Å². The van der Waals surface area contributed by atoms with Gasteiger partial charge in [0, 0.05) is 0 Å². The van der Waals surface area contributed by atoms with Gasteiger partial charge in [-0.05, 0) is 46.0 Å². The number of nitrogens with one attached hydrogen (secondary N) is 1. The maximum Gasteiger partial charge on any atom is 0.217 e. The second-order valence-electron chi connectivity index (χ2n) is 8.11. The molecule has 1 saturated carbocycles. The topological polar surface area (TPSA) is 70.9 Å². The Labute approximate surface area is 175 Å². The zero-order valence-corrected chi connectivity index (χ0v) is 19.7. The first-order chi connectivity index (χ1) is 13.4. The third kappa shape index (κ3) is 17.9. The Morgan fingerprint density at radius 2 is 1.25 bits per heavy atom. The van der Waals surface area contributed by atoms with Gasteiger partial charge in [0.2, 0.25) is 10.4 Å². The van der Waals surface area contributed by atoms with E-state index >= 15 is 0 Å². The van der Waals surface area contributed by atoms with Crippen molar-refractivity contribution in [2.24, 2.45) is 0 Å². The van der Waals surface area contributed by atoms with Gasteiger partial charge in [0.1, 0.15) is 0 Å². The molecule has 0 aromatic carbocycles. The van der Waals surface area contributed by atoms with Crippen LogP contribution in [0.1, 0.15) is 117 Å². The molecule has 5 nitrogen and oxygen atoms in total. The van der Waals surface area contributed by atoms with Gasteiger partial charge in [-0.1, -0.05) is 71.1 Å². The summed E-state index contributed by atoms with van der Waals surface area (Å²) in [6.45, 7) is 9.51. The van der Waals surface area contributed by atoms with Gasteiger partial charge < -0.3 is 9.45 Å². The van der Waals surface area contributed by atoms with Crippen molar-refractivity contribution in [2.75, 3.05) is 19.7 Å². The Kier molecular flexibility index (Phi) is 18.7. The molecule has 1 aliphatic carbocycles. The van der Waals surface area contributed by atoms with Crippen LogP contribution in [0.25, 0.3) is 0 Å². The van der Waals surface area contributed by atoms with Crippen LogP contribution in [-0.2, 0) is 14.6 Å². The molecule has 1 fully saturated rings. The van der Waals surface area contributed by atoms with Gasteiger partial charge in [-0.25, -0.2) is 8.42 Å². The summed E-state index contributed by atoms with van der Waals surface area (Å²) >= 11 is 0. The summed E-state index contributed by atoms with van der Waals surface area (Å²) in [4.78, 5) is 1.82. The molecule has 28 heavy (non-hydrogen) atoms. The van der Waals surface area contributed by atoms with Gasteiger partial charge in [0.05, 0.1) is 25.7 Å². The minimum absolute atomic E-state index is 0.0301. The summed E-state index contributed by atoms with van der Waals surface area (Å²) in [6, 6.07) is 0.999. The summed E-state index contributed by atoms with van der Waals surface area (Å²) in [5.74, 6) is 0. The summed E-state index contributed by atoms with van der Waals surface area (Å²) in [5.41, 5.74) is 0. The van der Waals surface area contributed by atoms with Crippen LogP contribution in [0.5, 0.6) is 0 Å². The highest BCUT2D eigenvalue weighted by molar-refractivity contribution is 7.80. The highest BCUT2D eigenvalue weighted by Gasteiger charge is 2.21. The highest BCUT2D eigenvalue weighted by Crippen LogP contribution is 2.15. The molecule has 0 radical (unpaired) electrons. The average molecular weight is 422 g/mol. The lowest BCUT2D eigenvalue weighted by Gasteiger charge is -2.29. The van der Waals surface area contributed by atoms with Crippen LogP contribution in [-0.4, -0.2) is 38.7 Å². The lowest BCUT2D eigenvalue weighted by atomic mass is 9.94. The van der Waals surface area contributed by atoms with Gasteiger partial charge in [-0.15, -0.1) is 0 Å². The second kappa shape index (κ2) is 18.8. The predicted molar refractivity (Wildman–Crippen MR) is 116 cm³/mol. The van der Waals surface area contributed by atoms with Crippen molar-refractivity contribution in [2.45, 2.75) is 123 Å². The van der Waals surface area contributed by atoms with Gasteiger partial charge in [0.15, 0.2) is 0 Å². The van der Waals surface area contributed by atoms with Gasteiger partial charge in [-0.3, -0.25) is 4.18 Å². The zero-order valence-electron chi connectivity index (χ0n) is 18.8. The minimum atomic E-state index is -4.48. The number of hydrogen-bond acceptors (Lipinski definition) is 4. The van der Waals surface area contributed by atoms with Crippen LogP contribution in [0.2, 0.25) is 0 Å². The van der Waals surface area contributed by atoms with Crippen LogP contribution in [0.15, 0.2) is 0 Å². The molecule has 6 heteroatoms. The molecule has 0 saturated heterocycles. The Bertz CT molecular complexity index is 418. The van der Waals surface area contributed by atoms with Crippen LogP contribution >= 0.6 is 0 Å². The van der Waals surface area contributed by atoms with Crippen molar-refractivity contribution in [1.29, 1.82) is 0 Å². The summed E-state index contributed by atoms with van der Waals surface area (Å²) in [7, 11) is -4.48. The molecule has 1 N–H and O–H groups in total. The summed E-state index contributed by atoms with van der Waals surface area (Å²) in [5, 5.41) is 0. The Hall–Kier alpha value is -0.170. The fourth-order valence-electron chi connectivity index (χ4n) is 4.09. The standard InChI is InChI=1S/C12H26O4S.C10H21N/c1-2-3-4-5-6-7-8-9-10-11-12-16-17(13,14)15;1-3-11(4-2)10-8-6-5-7-9-10/h2-12H2,1H3,(H,13,14,15);10H,3-9H2,1-2H3. The molecule has 0 aliphatic heterocycles. The quantitative estimate of drug-likeness (QED) is 0.238. The minimum Gasteiger partial charge on any atom is -0.726 e. The zero-order chi connectivity index (χ0) is 21.1. The smallest absolute Gasteiger partial charge is 0.217 e. The Balaban J connectivity index is 0.000000567. The van der Waals surface area contributed by atoms with E-state index in [1.165, 1.54) is 90.1 Å². The van der Waals surface area contributed by atoms with Crippen LogP contribution in [0.4, 0.5) is 0 Å². The molecule has 0 unspecified atom stereocenters. The molecule has 1 rings (SSSR count). The third-order valence-corrected chi connectivity index (χ3v) is 6.27. The molecular formula is C22H47NO4S. The maximum absolute atomic E-state index is 10.1. The summed E-state index contributed by atoms with van der Waals surface area (Å²) in [6.07, 6.45) is 19.1. The molecule has 0 heterocycles. The fraction of sp³-hybridized carbons (Fsp3) is 1.00. The van der Waals surface area contributed by atoms with E-state index < -0.39 is 10.4 Å². The Morgan fingerprint density at radius 1 is 0.786 bits per heavy atom. The van der Waals surface area contributed by atoms with E-state index in [0.29, 0.717) is 6.42 Å². The highest BCUT2D eigenvalue weighted by atomic mass is 32.3. The van der Waals surface area contributed by atoms with Crippen LogP contribution in [0, 0.1) is 0 Å². The van der Waals surface area contributed by atoms with E-state index in [4.69, 9.17) is 0 Å². The Morgan fingerprint density at radius 3 is 1.68 bits per heavy atom. The number of unbranched alkanes of at least 4 members (excludes halogenated alkanes) is 9. The van der Waals surface area contributed by atoms with Gasteiger partial charge >= 0.3 is 0 Å². The second-order valence-corrected chi connectivity index (χ2v) is 9.16. The largest absolute Gasteiger partial charge is 0.726 e. The molecule has 170 valence electrons.